The Balaban J connectivity index is 1.84. The molecule has 1 aromatic rings. The van der Waals surface area contributed by atoms with E-state index in [-0.39, 0.29) is 17.9 Å². The van der Waals surface area contributed by atoms with Gasteiger partial charge in [-0.15, -0.1) is 0 Å². The van der Waals surface area contributed by atoms with Crippen LogP contribution < -0.4 is 5.32 Å². The van der Waals surface area contributed by atoms with Crippen LogP contribution in [0.4, 0.5) is 4.79 Å². The van der Waals surface area contributed by atoms with Crippen molar-refractivity contribution < 1.29 is 14.3 Å². The summed E-state index contributed by atoms with van der Waals surface area (Å²) in [5.74, 6) is 0.00560. The van der Waals surface area contributed by atoms with E-state index in [2.05, 4.69) is 10.4 Å². The molecule has 0 radical (unpaired) electrons. The molecule has 0 aromatic carbocycles. The Morgan fingerprint density at radius 2 is 2.05 bits per heavy atom. The fraction of sp³-hybridized carbons (Fsp3) is 0.643. The number of ether oxygens (including phenoxy) is 1. The van der Waals surface area contributed by atoms with Gasteiger partial charge in [0.05, 0.1) is 6.04 Å². The van der Waals surface area contributed by atoms with Gasteiger partial charge >= 0.3 is 6.09 Å². The molecule has 1 amide bonds. The predicted octanol–water partition coefficient (Wildman–Crippen LogP) is 2.31. The molecule has 0 aliphatic heterocycles. The Morgan fingerprint density at radius 3 is 2.60 bits per heavy atom. The number of carbonyl (C=O) groups is 2. The topological polar surface area (TPSA) is 73.2 Å². The van der Waals surface area contributed by atoms with Gasteiger partial charge in [-0.3, -0.25) is 9.48 Å². The molecule has 0 spiro atoms. The molecular formula is C14H21N3O3. The Morgan fingerprint density at radius 1 is 1.40 bits per heavy atom. The lowest BCUT2D eigenvalue weighted by Crippen LogP contribution is -2.47. The Labute approximate surface area is 118 Å². The molecule has 20 heavy (non-hydrogen) atoms. The summed E-state index contributed by atoms with van der Waals surface area (Å²) in [6.45, 7) is 7.03. The molecule has 110 valence electrons. The second kappa shape index (κ2) is 5.26. The van der Waals surface area contributed by atoms with Crippen molar-refractivity contribution in [3.63, 3.8) is 0 Å². The van der Waals surface area contributed by atoms with E-state index < -0.39 is 11.7 Å². The molecule has 1 aliphatic rings. The van der Waals surface area contributed by atoms with Crippen LogP contribution in [0.2, 0.25) is 0 Å². The van der Waals surface area contributed by atoms with Gasteiger partial charge in [0.2, 0.25) is 0 Å². The summed E-state index contributed by atoms with van der Waals surface area (Å²) in [4.78, 5) is 23.1. The molecule has 6 heteroatoms. The van der Waals surface area contributed by atoms with E-state index in [1.54, 1.807) is 16.9 Å². The minimum Gasteiger partial charge on any atom is -0.444 e. The number of hydrogen-bond donors (Lipinski definition) is 1. The lowest BCUT2D eigenvalue weighted by Gasteiger charge is -2.36. The summed E-state index contributed by atoms with van der Waals surface area (Å²) in [5, 5.41) is 7.01. The van der Waals surface area contributed by atoms with Crippen LogP contribution in [-0.4, -0.2) is 33.3 Å². The maximum Gasteiger partial charge on any atom is 0.407 e. The van der Waals surface area contributed by atoms with Crippen molar-refractivity contribution in [2.75, 3.05) is 0 Å². The summed E-state index contributed by atoms with van der Waals surface area (Å²) >= 11 is 0. The van der Waals surface area contributed by atoms with Crippen LogP contribution in [0, 0.1) is 0 Å². The van der Waals surface area contributed by atoms with Gasteiger partial charge in [-0.1, -0.05) is 0 Å². The molecule has 0 saturated heterocycles. The van der Waals surface area contributed by atoms with Gasteiger partial charge in [0, 0.05) is 19.2 Å². The average Bonchev–Trinajstić information content (AvgIpc) is 2.68. The van der Waals surface area contributed by atoms with E-state index in [9.17, 15) is 9.59 Å². The van der Waals surface area contributed by atoms with Crippen molar-refractivity contribution >= 4 is 11.9 Å². The van der Waals surface area contributed by atoms with Crippen LogP contribution >= 0.6 is 0 Å². The van der Waals surface area contributed by atoms with Gasteiger partial charge < -0.3 is 10.1 Å². The highest BCUT2D eigenvalue weighted by atomic mass is 16.6. The zero-order chi connectivity index (χ0) is 14.9. The first-order valence-electron chi connectivity index (χ1n) is 6.80. The molecule has 1 N–H and O–H groups in total. The number of aromatic nitrogens is 2. The van der Waals surface area contributed by atoms with E-state index in [4.69, 9.17) is 4.74 Å². The van der Waals surface area contributed by atoms with Crippen molar-refractivity contribution in [1.82, 2.24) is 15.1 Å². The van der Waals surface area contributed by atoms with Crippen molar-refractivity contribution in [2.45, 2.75) is 58.2 Å². The highest BCUT2D eigenvalue weighted by molar-refractivity contribution is 5.92. The SMILES string of the molecule is CC(=O)c1ccnn1[C@H]1C[C@H](NC(=O)OC(C)(C)C)C1. The number of nitrogens with one attached hydrogen (secondary N) is 1. The monoisotopic (exact) mass is 279 g/mol. The minimum absolute atomic E-state index is 0.00560. The Kier molecular flexibility index (Phi) is 3.83. The summed E-state index contributed by atoms with van der Waals surface area (Å²) in [5.41, 5.74) is 0.127. The fourth-order valence-corrected chi connectivity index (χ4v) is 2.26. The number of ketones is 1. The molecule has 1 aliphatic carbocycles. The summed E-state index contributed by atoms with van der Waals surface area (Å²) in [6, 6.07) is 1.97. The van der Waals surface area contributed by atoms with Crippen LogP contribution in [0.15, 0.2) is 12.3 Å². The van der Waals surface area contributed by atoms with Crippen molar-refractivity contribution in [2.24, 2.45) is 0 Å². The van der Waals surface area contributed by atoms with Gasteiger partial charge in [-0.2, -0.15) is 5.10 Å². The van der Waals surface area contributed by atoms with Gasteiger partial charge in [0.1, 0.15) is 11.3 Å². The van der Waals surface area contributed by atoms with E-state index in [1.165, 1.54) is 6.92 Å². The second-order valence-corrected chi connectivity index (χ2v) is 6.19. The third-order valence-corrected chi connectivity index (χ3v) is 3.21. The normalized spacial score (nSPS) is 22.0. The minimum atomic E-state index is -0.489. The molecule has 0 unspecified atom stereocenters. The summed E-state index contributed by atoms with van der Waals surface area (Å²) < 4.78 is 6.95. The van der Waals surface area contributed by atoms with E-state index in [1.807, 2.05) is 20.8 Å². The van der Waals surface area contributed by atoms with E-state index in [0.717, 1.165) is 12.8 Å². The molecule has 1 fully saturated rings. The predicted molar refractivity (Wildman–Crippen MR) is 73.7 cm³/mol. The smallest absolute Gasteiger partial charge is 0.407 e. The van der Waals surface area contributed by atoms with E-state index >= 15 is 0 Å². The van der Waals surface area contributed by atoms with Crippen molar-refractivity contribution in [1.29, 1.82) is 0 Å². The van der Waals surface area contributed by atoms with Crippen molar-refractivity contribution in [3.05, 3.63) is 18.0 Å². The standard InChI is InChI=1S/C14H21N3O3/c1-9(18)12-5-6-15-17(12)11-7-10(8-11)16-13(19)20-14(2,3)4/h5-6,10-11H,7-8H2,1-4H3,(H,16,19)/t10-,11-. The molecule has 0 bridgehead atoms. The first kappa shape index (κ1) is 14.6. The third-order valence-electron chi connectivity index (χ3n) is 3.21. The zero-order valence-electron chi connectivity index (χ0n) is 12.3. The molecule has 2 rings (SSSR count). The fourth-order valence-electron chi connectivity index (χ4n) is 2.26. The maximum atomic E-state index is 11.6. The van der Waals surface area contributed by atoms with Crippen molar-refractivity contribution in [3.8, 4) is 0 Å². The van der Waals surface area contributed by atoms with Crippen LogP contribution in [0.1, 0.15) is 57.1 Å². The summed E-state index contributed by atoms with van der Waals surface area (Å²) in [6.07, 6.45) is 2.77. The highest BCUT2D eigenvalue weighted by Crippen LogP contribution is 2.32. The molecule has 1 heterocycles. The zero-order valence-corrected chi connectivity index (χ0v) is 12.3. The Bertz CT molecular complexity index is 510. The van der Waals surface area contributed by atoms with Crippen LogP contribution in [0.5, 0.6) is 0 Å². The second-order valence-electron chi connectivity index (χ2n) is 6.19. The number of hydrogen-bond acceptors (Lipinski definition) is 4. The highest BCUT2D eigenvalue weighted by Gasteiger charge is 2.34. The van der Waals surface area contributed by atoms with Crippen LogP contribution in [0.25, 0.3) is 0 Å². The number of nitrogens with zero attached hydrogens (tertiary/aromatic N) is 2. The molecule has 6 nitrogen and oxygen atoms in total. The first-order valence-corrected chi connectivity index (χ1v) is 6.80. The molecule has 1 aromatic heterocycles. The largest absolute Gasteiger partial charge is 0.444 e. The van der Waals surface area contributed by atoms with Gasteiger partial charge in [0.25, 0.3) is 0 Å². The summed E-state index contributed by atoms with van der Waals surface area (Å²) in [7, 11) is 0. The quantitative estimate of drug-likeness (QED) is 0.862. The number of Topliss-reactive ketones (excluding diaryl/α,β-unsaturated/α-hetero) is 1. The van der Waals surface area contributed by atoms with Crippen LogP contribution in [-0.2, 0) is 4.74 Å². The number of alkyl carbamates (subject to hydrolysis) is 1. The van der Waals surface area contributed by atoms with E-state index in [0.29, 0.717) is 5.69 Å². The van der Waals surface area contributed by atoms with Gasteiger partial charge in [-0.05, 0) is 39.7 Å². The molecule has 1 saturated carbocycles. The number of amides is 1. The molecular weight excluding hydrogens is 258 g/mol. The number of carbonyl (C=O) groups excluding carboxylic acids is 2. The third kappa shape index (κ3) is 3.37. The van der Waals surface area contributed by atoms with Gasteiger partial charge in [0.15, 0.2) is 5.78 Å². The lowest BCUT2D eigenvalue weighted by molar-refractivity contribution is 0.0450. The molecule has 0 atom stereocenters. The van der Waals surface area contributed by atoms with Gasteiger partial charge in [-0.25, -0.2) is 4.79 Å². The Hall–Kier alpha value is -1.85. The first-order chi connectivity index (χ1) is 9.26. The van der Waals surface area contributed by atoms with Crippen LogP contribution in [0.3, 0.4) is 0 Å². The lowest BCUT2D eigenvalue weighted by atomic mass is 9.86. The number of rotatable bonds is 3. The maximum absolute atomic E-state index is 11.6. The average molecular weight is 279 g/mol.